The predicted molar refractivity (Wildman–Crippen MR) is 97.0 cm³/mol. The number of likely N-dealkylation sites (N-methyl/N-ethyl adjacent to an activating group) is 1. The fourth-order valence-corrected chi connectivity index (χ4v) is 3.62. The molecule has 0 aromatic heterocycles. The van der Waals surface area contributed by atoms with Crippen LogP contribution in [0.15, 0.2) is 21.1 Å². The molecule has 1 unspecified atom stereocenters. The molecule has 1 aromatic rings. The standard InChI is InChI=1S/C16H26Br2N2O/c1-6-21-16-12(7-13(17)8-14(16)18)9-19-15(11(2)3)10-20(4)5/h7-8,11,15,19H,6,9-10H2,1-5H3. The highest BCUT2D eigenvalue weighted by atomic mass is 79.9. The lowest BCUT2D eigenvalue weighted by molar-refractivity contribution is 0.285. The van der Waals surface area contributed by atoms with Crippen molar-refractivity contribution in [1.82, 2.24) is 10.2 Å². The van der Waals surface area contributed by atoms with Gasteiger partial charge in [-0.2, -0.15) is 0 Å². The Bertz CT molecular complexity index is 450. The molecule has 1 atom stereocenters. The average Bonchev–Trinajstić information content (AvgIpc) is 2.37. The Morgan fingerprint density at radius 3 is 2.43 bits per heavy atom. The van der Waals surface area contributed by atoms with E-state index in [2.05, 4.69) is 76.1 Å². The minimum Gasteiger partial charge on any atom is -0.492 e. The molecule has 0 spiro atoms. The Morgan fingerprint density at radius 1 is 1.24 bits per heavy atom. The Hall–Kier alpha value is -0.100. The summed E-state index contributed by atoms with van der Waals surface area (Å²) in [5.41, 5.74) is 1.17. The first-order chi connectivity index (χ1) is 9.85. The van der Waals surface area contributed by atoms with Gasteiger partial charge in [-0.25, -0.2) is 0 Å². The van der Waals surface area contributed by atoms with E-state index in [1.54, 1.807) is 0 Å². The molecule has 120 valence electrons. The van der Waals surface area contributed by atoms with Gasteiger partial charge in [-0.1, -0.05) is 29.8 Å². The summed E-state index contributed by atoms with van der Waals surface area (Å²) in [6, 6.07) is 4.59. The molecule has 5 heteroatoms. The fourth-order valence-electron chi connectivity index (χ4n) is 2.20. The zero-order chi connectivity index (χ0) is 16.0. The molecule has 21 heavy (non-hydrogen) atoms. The smallest absolute Gasteiger partial charge is 0.138 e. The molecule has 1 aromatic carbocycles. The Labute approximate surface area is 145 Å². The first-order valence-corrected chi connectivity index (χ1v) is 8.92. The van der Waals surface area contributed by atoms with Crippen LogP contribution in [-0.4, -0.2) is 38.2 Å². The van der Waals surface area contributed by atoms with Crippen molar-refractivity contribution in [3.8, 4) is 5.75 Å². The largest absolute Gasteiger partial charge is 0.492 e. The maximum Gasteiger partial charge on any atom is 0.138 e. The van der Waals surface area contributed by atoms with E-state index in [0.717, 1.165) is 27.8 Å². The number of benzene rings is 1. The monoisotopic (exact) mass is 420 g/mol. The number of halogens is 2. The lowest BCUT2D eigenvalue weighted by Crippen LogP contribution is -2.41. The molecule has 0 fully saturated rings. The molecule has 0 aliphatic rings. The second-order valence-electron chi connectivity index (χ2n) is 5.80. The molecule has 0 amide bonds. The first-order valence-electron chi connectivity index (χ1n) is 7.34. The lowest BCUT2D eigenvalue weighted by Gasteiger charge is -2.26. The molecule has 1 rings (SSSR count). The van der Waals surface area contributed by atoms with Crippen molar-refractivity contribution in [1.29, 1.82) is 0 Å². The maximum atomic E-state index is 5.78. The van der Waals surface area contributed by atoms with Crippen LogP contribution >= 0.6 is 31.9 Å². The SMILES string of the molecule is CCOc1c(Br)cc(Br)cc1CNC(CN(C)C)C(C)C. The van der Waals surface area contributed by atoms with Gasteiger partial charge in [0.15, 0.2) is 0 Å². The van der Waals surface area contributed by atoms with Gasteiger partial charge in [0.25, 0.3) is 0 Å². The quantitative estimate of drug-likeness (QED) is 0.677. The van der Waals surface area contributed by atoms with Crippen LogP contribution in [-0.2, 0) is 6.54 Å². The zero-order valence-electron chi connectivity index (χ0n) is 13.5. The van der Waals surface area contributed by atoms with Crippen molar-refractivity contribution in [2.24, 2.45) is 5.92 Å². The Balaban J connectivity index is 2.85. The summed E-state index contributed by atoms with van der Waals surface area (Å²) in [5.74, 6) is 1.51. The summed E-state index contributed by atoms with van der Waals surface area (Å²) >= 11 is 7.14. The molecule has 0 aliphatic heterocycles. The molecule has 3 nitrogen and oxygen atoms in total. The van der Waals surface area contributed by atoms with Crippen LogP contribution < -0.4 is 10.1 Å². The summed E-state index contributed by atoms with van der Waals surface area (Å²) in [7, 11) is 4.22. The highest BCUT2D eigenvalue weighted by Crippen LogP contribution is 2.33. The van der Waals surface area contributed by atoms with E-state index in [0.29, 0.717) is 18.6 Å². The van der Waals surface area contributed by atoms with Gasteiger partial charge in [-0.05, 0) is 55.0 Å². The van der Waals surface area contributed by atoms with E-state index in [1.165, 1.54) is 5.56 Å². The summed E-state index contributed by atoms with van der Waals surface area (Å²) in [4.78, 5) is 2.22. The van der Waals surface area contributed by atoms with Crippen LogP contribution in [0, 0.1) is 5.92 Å². The summed E-state index contributed by atoms with van der Waals surface area (Å²) in [6.45, 7) is 9.00. The third-order valence-corrected chi connectivity index (χ3v) is 4.34. The number of nitrogens with one attached hydrogen (secondary N) is 1. The number of hydrogen-bond donors (Lipinski definition) is 1. The van der Waals surface area contributed by atoms with Gasteiger partial charge in [0.1, 0.15) is 5.75 Å². The van der Waals surface area contributed by atoms with Crippen LogP contribution in [0.4, 0.5) is 0 Å². The molecule has 0 heterocycles. The molecule has 0 bridgehead atoms. The van der Waals surface area contributed by atoms with Crippen LogP contribution in [0.1, 0.15) is 26.3 Å². The number of ether oxygens (including phenoxy) is 1. The topological polar surface area (TPSA) is 24.5 Å². The summed E-state index contributed by atoms with van der Waals surface area (Å²) in [6.07, 6.45) is 0. The van der Waals surface area contributed by atoms with Crippen LogP contribution in [0.2, 0.25) is 0 Å². The second kappa shape index (κ2) is 9.13. The van der Waals surface area contributed by atoms with Gasteiger partial charge in [0.05, 0.1) is 11.1 Å². The van der Waals surface area contributed by atoms with Crippen LogP contribution in [0.5, 0.6) is 5.75 Å². The normalized spacial score (nSPS) is 13.0. The van der Waals surface area contributed by atoms with E-state index in [4.69, 9.17) is 4.74 Å². The maximum absolute atomic E-state index is 5.78. The average molecular weight is 422 g/mol. The molecule has 1 N–H and O–H groups in total. The molecule has 0 aliphatic carbocycles. The summed E-state index contributed by atoms with van der Waals surface area (Å²) in [5, 5.41) is 3.66. The Morgan fingerprint density at radius 2 is 1.90 bits per heavy atom. The lowest BCUT2D eigenvalue weighted by atomic mass is 10.0. The van der Waals surface area contributed by atoms with Crippen molar-refractivity contribution >= 4 is 31.9 Å². The van der Waals surface area contributed by atoms with E-state index in [1.807, 2.05) is 13.0 Å². The van der Waals surface area contributed by atoms with Crippen molar-refractivity contribution in [3.05, 3.63) is 26.6 Å². The second-order valence-corrected chi connectivity index (χ2v) is 7.57. The highest BCUT2D eigenvalue weighted by molar-refractivity contribution is 9.11. The van der Waals surface area contributed by atoms with E-state index in [-0.39, 0.29) is 0 Å². The zero-order valence-corrected chi connectivity index (χ0v) is 16.7. The van der Waals surface area contributed by atoms with Gasteiger partial charge >= 0.3 is 0 Å². The molecule has 0 saturated carbocycles. The van der Waals surface area contributed by atoms with Gasteiger partial charge in [0.2, 0.25) is 0 Å². The van der Waals surface area contributed by atoms with Gasteiger partial charge < -0.3 is 15.0 Å². The summed E-state index contributed by atoms with van der Waals surface area (Å²) < 4.78 is 7.83. The molecular weight excluding hydrogens is 396 g/mol. The number of nitrogens with zero attached hydrogens (tertiary/aromatic N) is 1. The van der Waals surface area contributed by atoms with Gasteiger partial charge in [0, 0.05) is 29.2 Å². The van der Waals surface area contributed by atoms with Gasteiger partial charge in [-0.15, -0.1) is 0 Å². The van der Waals surface area contributed by atoms with E-state index in [9.17, 15) is 0 Å². The van der Waals surface area contributed by atoms with Crippen molar-refractivity contribution in [2.45, 2.75) is 33.4 Å². The minimum atomic E-state index is 0.451. The van der Waals surface area contributed by atoms with Crippen molar-refractivity contribution in [2.75, 3.05) is 27.2 Å². The fraction of sp³-hybridized carbons (Fsp3) is 0.625. The van der Waals surface area contributed by atoms with Crippen LogP contribution in [0.3, 0.4) is 0 Å². The minimum absolute atomic E-state index is 0.451. The third-order valence-electron chi connectivity index (χ3n) is 3.30. The third kappa shape index (κ3) is 6.27. The van der Waals surface area contributed by atoms with E-state index < -0.39 is 0 Å². The van der Waals surface area contributed by atoms with Crippen LogP contribution in [0.25, 0.3) is 0 Å². The molecule has 0 radical (unpaired) electrons. The highest BCUT2D eigenvalue weighted by Gasteiger charge is 2.16. The first kappa shape index (κ1) is 18.9. The van der Waals surface area contributed by atoms with E-state index >= 15 is 0 Å². The number of hydrogen-bond acceptors (Lipinski definition) is 3. The van der Waals surface area contributed by atoms with Crippen molar-refractivity contribution in [3.63, 3.8) is 0 Å². The number of rotatable bonds is 8. The molecule has 0 saturated heterocycles. The molecular formula is C16H26Br2N2O. The van der Waals surface area contributed by atoms with Crippen molar-refractivity contribution < 1.29 is 4.74 Å². The predicted octanol–water partition coefficient (Wildman–Crippen LogP) is 4.29. The Kier molecular flexibility index (Phi) is 8.24. The van der Waals surface area contributed by atoms with Gasteiger partial charge in [-0.3, -0.25) is 0 Å².